The topological polar surface area (TPSA) is 12.0 Å². The van der Waals surface area contributed by atoms with Gasteiger partial charge in [0.05, 0.1) is 0 Å². The monoisotopic (exact) mass is 207 g/mol. The number of piperidine rings is 1. The first-order valence-electron chi connectivity index (χ1n) is 5.74. The Labute approximate surface area is 90.7 Å². The van der Waals surface area contributed by atoms with Crippen molar-refractivity contribution in [3.05, 3.63) is 35.4 Å². The summed E-state index contributed by atoms with van der Waals surface area (Å²) >= 11 is 0. The molecular weight excluding hydrogens is 189 g/mol. The van der Waals surface area contributed by atoms with E-state index in [0.717, 1.165) is 12.1 Å². The van der Waals surface area contributed by atoms with Gasteiger partial charge in [0.15, 0.2) is 0 Å². The zero-order valence-corrected chi connectivity index (χ0v) is 9.17. The Hall–Kier alpha value is -0.890. The Morgan fingerprint density at radius 1 is 1.40 bits per heavy atom. The SMILES string of the molecule is CC(F)c1cccc(C2CCCCN2)c1. The molecule has 1 heterocycles. The summed E-state index contributed by atoms with van der Waals surface area (Å²) in [4.78, 5) is 0. The molecule has 1 saturated heterocycles. The first kappa shape index (κ1) is 10.6. The maximum absolute atomic E-state index is 13.2. The molecule has 0 bridgehead atoms. The molecule has 0 aromatic heterocycles. The second-order valence-corrected chi connectivity index (χ2v) is 4.29. The molecule has 2 unspecified atom stereocenters. The summed E-state index contributed by atoms with van der Waals surface area (Å²) in [6.45, 7) is 2.67. The molecule has 2 heteroatoms. The third-order valence-corrected chi connectivity index (χ3v) is 3.08. The fraction of sp³-hybridized carbons (Fsp3) is 0.538. The summed E-state index contributed by atoms with van der Waals surface area (Å²) in [5, 5.41) is 3.48. The molecule has 0 amide bonds. The van der Waals surface area contributed by atoms with Crippen molar-refractivity contribution < 1.29 is 4.39 Å². The minimum atomic E-state index is -0.867. The minimum absolute atomic E-state index is 0.428. The van der Waals surface area contributed by atoms with Gasteiger partial charge in [-0.2, -0.15) is 0 Å². The standard InChI is InChI=1S/C13H18FN/c1-10(14)11-5-4-6-12(9-11)13-7-2-3-8-15-13/h4-6,9-10,13,15H,2-3,7-8H2,1H3. The van der Waals surface area contributed by atoms with Crippen molar-refractivity contribution in [3.8, 4) is 0 Å². The van der Waals surface area contributed by atoms with Gasteiger partial charge in [0.1, 0.15) is 6.17 Å². The smallest absolute Gasteiger partial charge is 0.122 e. The first-order valence-corrected chi connectivity index (χ1v) is 5.74. The van der Waals surface area contributed by atoms with E-state index in [1.54, 1.807) is 6.92 Å². The fourth-order valence-corrected chi connectivity index (χ4v) is 2.16. The number of hydrogen-bond donors (Lipinski definition) is 1. The Bertz CT molecular complexity index is 316. The van der Waals surface area contributed by atoms with Gasteiger partial charge in [-0.05, 0) is 37.4 Å². The van der Waals surface area contributed by atoms with Gasteiger partial charge in [0.25, 0.3) is 0 Å². The quantitative estimate of drug-likeness (QED) is 0.782. The predicted octanol–water partition coefficient (Wildman–Crippen LogP) is 3.53. The zero-order valence-electron chi connectivity index (χ0n) is 9.17. The van der Waals surface area contributed by atoms with Crippen molar-refractivity contribution in [3.63, 3.8) is 0 Å². The lowest BCUT2D eigenvalue weighted by Gasteiger charge is -2.24. The highest BCUT2D eigenvalue weighted by molar-refractivity contribution is 5.27. The van der Waals surface area contributed by atoms with Gasteiger partial charge in [-0.1, -0.05) is 30.7 Å². The zero-order chi connectivity index (χ0) is 10.7. The number of nitrogens with one attached hydrogen (secondary N) is 1. The summed E-state index contributed by atoms with van der Waals surface area (Å²) in [6.07, 6.45) is 2.83. The predicted molar refractivity (Wildman–Crippen MR) is 60.6 cm³/mol. The second kappa shape index (κ2) is 4.75. The molecule has 0 spiro atoms. The molecule has 0 saturated carbocycles. The number of hydrogen-bond acceptors (Lipinski definition) is 1. The van der Waals surface area contributed by atoms with E-state index < -0.39 is 6.17 Å². The van der Waals surface area contributed by atoms with E-state index >= 15 is 0 Å². The Balaban J connectivity index is 2.16. The number of benzene rings is 1. The van der Waals surface area contributed by atoms with Gasteiger partial charge in [-0.3, -0.25) is 0 Å². The third-order valence-electron chi connectivity index (χ3n) is 3.08. The van der Waals surface area contributed by atoms with Gasteiger partial charge >= 0.3 is 0 Å². The second-order valence-electron chi connectivity index (χ2n) is 4.29. The van der Waals surface area contributed by atoms with E-state index in [2.05, 4.69) is 11.4 Å². The van der Waals surface area contributed by atoms with Gasteiger partial charge < -0.3 is 5.32 Å². The van der Waals surface area contributed by atoms with Crippen LogP contribution in [0.2, 0.25) is 0 Å². The van der Waals surface area contributed by atoms with Crippen molar-refractivity contribution in [1.82, 2.24) is 5.32 Å². The summed E-state index contributed by atoms with van der Waals surface area (Å²) in [5.41, 5.74) is 2.02. The van der Waals surface area contributed by atoms with Crippen LogP contribution in [-0.4, -0.2) is 6.54 Å². The van der Waals surface area contributed by atoms with Crippen LogP contribution in [0.3, 0.4) is 0 Å². The molecule has 1 aliphatic rings. The molecule has 1 nitrogen and oxygen atoms in total. The minimum Gasteiger partial charge on any atom is -0.310 e. The third kappa shape index (κ3) is 2.57. The molecule has 0 aliphatic carbocycles. The lowest BCUT2D eigenvalue weighted by molar-refractivity contribution is 0.372. The average molecular weight is 207 g/mol. The van der Waals surface area contributed by atoms with E-state index in [0.29, 0.717) is 6.04 Å². The van der Waals surface area contributed by atoms with Crippen molar-refractivity contribution in [1.29, 1.82) is 0 Å². The highest BCUT2D eigenvalue weighted by Crippen LogP contribution is 2.26. The average Bonchev–Trinajstić information content (AvgIpc) is 2.30. The normalized spacial score (nSPS) is 23.7. The molecule has 0 radical (unpaired) electrons. The maximum Gasteiger partial charge on any atom is 0.122 e. The molecule has 1 aromatic rings. The van der Waals surface area contributed by atoms with Gasteiger partial charge in [-0.25, -0.2) is 4.39 Å². The van der Waals surface area contributed by atoms with Crippen LogP contribution in [0.1, 0.15) is 49.5 Å². The van der Waals surface area contributed by atoms with E-state index in [-0.39, 0.29) is 0 Å². The van der Waals surface area contributed by atoms with Crippen LogP contribution in [-0.2, 0) is 0 Å². The van der Waals surface area contributed by atoms with Crippen LogP contribution in [0.4, 0.5) is 4.39 Å². The summed E-state index contributed by atoms with van der Waals surface area (Å²) in [7, 11) is 0. The molecule has 2 rings (SSSR count). The lowest BCUT2D eigenvalue weighted by Crippen LogP contribution is -2.26. The van der Waals surface area contributed by atoms with E-state index in [1.165, 1.54) is 24.8 Å². The van der Waals surface area contributed by atoms with Crippen molar-refractivity contribution >= 4 is 0 Å². The molecule has 1 N–H and O–H groups in total. The lowest BCUT2D eigenvalue weighted by atomic mass is 9.95. The highest BCUT2D eigenvalue weighted by atomic mass is 19.1. The van der Waals surface area contributed by atoms with E-state index in [9.17, 15) is 4.39 Å². The van der Waals surface area contributed by atoms with Crippen LogP contribution < -0.4 is 5.32 Å². The molecule has 82 valence electrons. The molecular formula is C13H18FN. The van der Waals surface area contributed by atoms with Gasteiger partial charge in [0, 0.05) is 6.04 Å². The van der Waals surface area contributed by atoms with Gasteiger partial charge in [0.2, 0.25) is 0 Å². The van der Waals surface area contributed by atoms with Crippen molar-refractivity contribution in [2.45, 2.75) is 38.4 Å². The number of alkyl halides is 1. The van der Waals surface area contributed by atoms with Crippen LogP contribution in [0.5, 0.6) is 0 Å². The molecule has 15 heavy (non-hydrogen) atoms. The fourth-order valence-electron chi connectivity index (χ4n) is 2.16. The van der Waals surface area contributed by atoms with Crippen molar-refractivity contribution in [2.24, 2.45) is 0 Å². The maximum atomic E-state index is 13.2. The van der Waals surface area contributed by atoms with Gasteiger partial charge in [-0.15, -0.1) is 0 Å². The summed E-state index contributed by atoms with van der Waals surface area (Å²) < 4.78 is 13.2. The summed E-state index contributed by atoms with van der Waals surface area (Å²) in [5.74, 6) is 0. The molecule has 1 aromatic carbocycles. The van der Waals surface area contributed by atoms with Crippen molar-refractivity contribution in [2.75, 3.05) is 6.54 Å². The van der Waals surface area contributed by atoms with E-state index in [1.807, 2.05) is 18.2 Å². The molecule has 1 aliphatic heterocycles. The Morgan fingerprint density at radius 2 is 2.27 bits per heavy atom. The Kier molecular flexibility index (Phi) is 3.37. The van der Waals surface area contributed by atoms with E-state index in [4.69, 9.17) is 0 Å². The summed E-state index contributed by atoms with van der Waals surface area (Å²) in [6, 6.07) is 8.33. The number of halogens is 1. The van der Waals surface area contributed by atoms with Crippen LogP contribution in [0.25, 0.3) is 0 Å². The molecule has 2 atom stereocenters. The van der Waals surface area contributed by atoms with Crippen LogP contribution >= 0.6 is 0 Å². The first-order chi connectivity index (χ1) is 7.27. The highest BCUT2D eigenvalue weighted by Gasteiger charge is 2.15. The molecule has 1 fully saturated rings. The largest absolute Gasteiger partial charge is 0.310 e. The number of rotatable bonds is 2. The Morgan fingerprint density at radius 3 is 2.93 bits per heavy atom. The van der Waals surface area contributed by atoms with Crippen LogP contribution in [0.15, 0.2) is 24.3 Å². The van der Waals surface area contributed by atoms with Crippen LogP contribution in [0, 0.1) is 0 Å².